The molecular formula is C8H12N2O3S. The van der Waals surface area contributed by atoms with Crippen LogP contribution in [0.4, 0.5) is 4.79 Å². The molecule has 2 aliphatic heterocycles. The Kier molecular flexibility index (Phi) is 2.30. The summed E-state index contributed by atoms with van der Waals surface area (Å²) in [5, 5.41) is 9.08. The standard InChI is InChI=1S/C8H12N2O3S/c1-4-2-10(8(12)13)3-5-6(4)14-9-7(5)11/h4-6H,2-3H2,1H3,(H,9,11)(H,12,13). The molecule has 0 aliphatic carbocycles. The van der Waals surface area contributed by atoms with Gasteiger partial charge in [-0.15, -0.1) is 0 Å². The zero-order chi connectivity index (χ0) is 10.3. The van der Waals surface area contributed by atoms with E-state index in [2.05, 4.69) is 4.72 Å². The summed E-state index contributed by atoms with van der Waals surface area (Å²) < 4.78 is 2.71. The number of fused-ring (bicyclic) bond motifs is 1. The van der Waals surface area contributed by atoms with Crippen molar-refractivity contribution in [2.75, 3.05) is 13.1 Å². The van der Waals surface area contributed by atoms with Crippen LogP contribution in [0.3, 0.4) is 0 Å². The van der Waals surface area contributed by atoms with E-state index in [4.69, 9.17) is 5.11 Å². The first-order valence-electron chi connectivity index (χ1n) is 4.53. The second-order valence-corrected chi connectivity index (χ2v) is 4.80. The number of amides is 2. The molecule has 0 spiro atoms. The zero-order valence-corrected chi connectivity index (χ0v) is 8.58. The largest absolute Gasteiger partial charge is 0.465 e. The molecule has 6 heteroatoms. The SMILES string of the molecule is CC1CN(C(=O)O)CC2C(=O)NSC12. The molecular weight excluding hydrogens is 204 g/mol. The van der Waals surface area contributed by atoms with E-state index in [1.807, 2.05) is 6.92 Å². The van der Waals surface area contributed by atoms with E-state index in [-0.39, 0.29) is 23.0 Å². The molecule has 3 unspecified atom stereocenters. The van der Waals surface area contributed by atoms with Gasteiger partial charge in [-0.05, 0) is 17.9 Å². The molecule has 2 heterocycles. The number of piperidine rings is 1. The Labute approximate surface area is 86.0 Å². The highest BCUT2D eigenvalue weighted by Crippen LogP contribution is 2.35. The van der Waals surface area contributed by atoms with E-state index in [1.54, 1.807) is 0 Å². The van der Waals surface area contributed by atoms with Crippen molar-refractivity contribution in [3.63, 3.8) is 0 Å². The molecule has 5 nitrogen and oxygen atoms in total. The van der Waals surface area contributed by atoms with Crippen LogP contribution in [0.5, 0.6) is 0 Å². The van der Waals surface area contributed by atoms with E-state index in [0.717, 1.165) is 0 Å². The first-order valence-corrected chi connectivity index (χ1v) is 5.41. The second kappa shape index (κ2) is 3.34. The van der Waals surface area contributed by atoms with Gasteiger partial charge in [0, 0.05) is 18.3 Å². The summed E-state index contributed by atoms with van der Waals surface area (Å²) >= 11 is 1.44. The lowest BCUT2D eigenvalue weighted by atomic mass is 9.89. The third kappa shape index (κ3) is 1.43. The molecule has 0 saturated carbocycles. The molecule has 0 aromatic heterocycles. The Hall–Kier alpha value is -0.910. The summed E-state index contributed by atoms with van der Waals surface area (Å²) in [5.74, 6) is 0.0337. The van der Waals surface area contributed by atoms with Gasteiger partial charge in [0.1, 0.15) is 0 Å². The third-order valence-electron chi connectivity index (χ3n) is 2.79. The average Bonchev–Trinajstić information content (AvgIpc) is 2.48. The summed E-state index contributed by atoms with van der Waals surface area (Å²) in [6, 6.07) is 0. The Balaban J connectivity index is 2.14. The van der Waals surface area contributed by atoms with Crippen LogP contribution in [-0.2, 0) is 4.79 Å². The molecule has 78 valence electrons. The molecule has 14 heavy (non-hydrogen) atoms. The minimum absolute atomic E-state index is 0.0298. The first kappa shape index (κ1) is 9.64. The smallest absolute Gasteiger partial charge is 0.407 e. The van der Waals surface area contributed by atoms with Gasteiger partial charge in [-0.1, -0.05) is 6.92 Å². The van der Waals surface area contributed by atoms with Crippen molar-refractivity contribution in [2.24, 2.45) is 11.8 Å². The van der Waals surface area contributed by atoms with E-state index >= 15 is 0 Å². The van der Waals surface area contributed by atoms with Crippen molar-refractivity contribution in [1.29, 1.82) is 0 Å². The number of carbonyl (C=O) groups is 2. The highest BCUT2D eigenvalue weighted by atomic mass is 32.2. The van der Waals surface area contributed by atoms with Crippen molar-refractivity contribution in [1.82, 2.24) is 9.62 Å². The number of nitrogens with zero attached hydrogens (tertiary/aromatic N) is 1. The minimum atomic E-state index is -0.931. The van der Waals surface area contributed by atoms with E-state index < -0.39 is 6.09 Å². The Morgan fingerprint density at radius 3 is 3.00 bits per heavy atom. The van der Waals surface area contributed by atoms with Crippen molar-refractivity contribution in [3.05, 3.63) is 0 Å². The molecule has 0 aromatic carbocycles. The first-order chi connectivity index (χ1) is 6.59. The fourth-order valence-corrected chi connectivity index (χ4v) is 3.15. The molecule has 2 aliphatic rings. The summed E-state index contributed by atoms with van der Waals surface area (Å²) in [6.07, 6.45) is -0.931. The van der Waals surface area contributed by atoms with Gasteiger partial charge in [-0.2, -0.15) is 0 Å². The van der Waals surface area contributed by atoms with E-state index in [1.165, 1.54) is 16.8 Å². The normalized spacial score (nSPS) is 36.5. The number of carboxylic acid groups (broad SMARTS) is 1. The van der Waals surface area contributed by atoms with E-state index in [9.17, 15) is 9.59 Å². The molecule has 2 fully saturated rings. The Morgan fingerprint density at radius 1 is 1.64 bits per heavy atom. The van der Waals surface area contributed by atoms with Gasteiger partial charge in [0.05, 0.1) is 5.92 Å². The molecule has 2 amide bonds. The molecule has 0 bridgehead atoms. The van der Waals surface area contributed by atoms with Crippen molar-refractivity contribution >= 4 is 23.9 Å². The topological polar surface area (TPSA) is 69.6 Å². The lowest BCUT2D eigenvalue weighted by Gasteiger charge is -2.35. The second-order valence-electron chi connectivity index (χ2n) is 3.82. The van der Waals surface area contributed by atoms with Crippen LogP contribution in [0.15, 0.2) is 0 Å². The van der Waals surface area contributed by atoms with E-state index in [0.29, 0.717) is 13.1 Å². The fraction of sp³-hybridized carbons (Fsp3) is 0.750. The highest BCUT2D eigenvalue weighted by Gasteiger charge is 2.44. The lowest BCUT2D eigenvalue weighted by molar-refractivity contribution is -0.123. The summed E-state index contributed by atoms with van der Waals surface area (Å²) in [4.78, 5) is 23.5. The van der Waals surface area contributed by atoms with Crippen molar-refractivity contribution in [2.45, 2.75) is 12.2 Å². The number of nitrogens with one attached hydrogen (secondary N) is 1. The van der Waals surface area contributed by atoms with Crippen molar-refractivity contribution in [3.8, 4) is 0 Å². The van der Waals surface area contributed by atoms with Crippen LogP contribution in [0.2, 0.25) is 0 Å². The van der Waals surface area contributed by atoms with Gasteiger partial charge in [-0.25, -0.2) is 4.79 Å². The molecule has 0 aromatic rings. The zero-order valence-electron chi connectivity index (χ0n) is 7.77. The number of hydrogen-bond donors (Lipinski definition) is 2. The van der Waals surface area contributed by atoms with Gasteiger partial charge in [-0.3, -0.25) is 9.52 Å². The van der Waals surface area contributed by atoms with Crippen LogP contribution >= 0.6 is 11.9 Å². The lowest BCUT2D eigenvalue weighted by Crippen LogP contribution is -2.49. The van der Waals surface area contributed by atoms with Crippen LogP contribution in [-0.4, -0.2) is 40.3 Å². The monoisotopic (exact) mass is 216 g/mol. The molecule has 3 atom stereocenters. The van der Waals surface area contributed by atoms with Gasteiger partial charge in [0.2, 0.25) is 5.91 Å². The minimum Gasteiger partial charge on any atom is -0.465 e. The quantitative estimate of drug-likeness (QED) is 0.574. The van der Waals surface area contributed by atoms with Crippen LogP contribution in [0, 0.1) is 11.8 Å². The maximum absolute atomic E-state index is 11.4. The number of hydrogen-bond acceptors (Lipinski definition) is 3. The Morgan fingerprint density at radius 2 is 2.36 bits per heavy atom. The average molecular weight is 216 g/mol. The summed E-state index contributed by atoms with van der Waals surface area (Å²) in [7, 11) is 0. The van der Waals surface area contributed by atoms with Gasteiger partial charge in [0.25, 0.3) is 0 Å². The summed E-state index contributed by atoms with van der Waals surface area (Å²) in [6.45, 7) is 2.85. The van der Waals surface area contributed by atoms with Crippen LogP contribution in [0.25, 0.3) is 0 Å². The van der Waals surface area contributed by atoms with Gasteiger partial charge < -0.3 is 10.0 Å². The Bertz CT molecular complexity index is 284. The van der Waals surface area contributed by atoms with Gasteiger partial charge in [0.15, 0.2) is 0 Å². The van der Waals surface area contributed by atoms with Crippen LogP contribution in [0.1, 0.15) is 6.92 Å². The molecule has 2 rings (SSSR count). The number of rotatable bonds is 0. The fourth-order valence-electron chi connectivity index (χ4n) is 2.05. The van der Waals surface area contributed by atoms with Crippen LogP contribution < -0.4 is 4.72 Å². The molecule has 2 saturated heterocycles. The number of carbonyl (C=O) groups excluding carboxylic acids is 1. The predicted octanol–water partition coefficient (Wildman–Crippen LogP) is 0.379. The van der Waals surface area contributed by atoms with Crippen molar-refractivity contribution < 1.29 is 14.7 Å². The maximum atomic E-state index is 11.4. The van der Waals surface area contributed by atoms with Gasteiger partial charge >= 0.3 is 6.09 Å². The third-order valence-corrected chi connectivity index (χ3v) is 4.17. The maximum Gasteiger partial charge on any atom is 0.407 e. The predicted molar refractivity (Wildman–Crippen MR) is 51.8 cm³/mol. The molecule has 2 N–H and O–H groups in total. The highest BCUT2D eigenvalue weighted by molar-refractivity contribution is 7.99. The molecule has 0 radical (unpaired) electrons. The summed E-state index contributed by atoms with van der Waals surface area (Å²) in [5.41, 5.74) is 0. The number of likely N-dealkylation sites (tertiary alicyclic amines) is 1.